The van der Waals surface area contributed by atoms with E-state index in [1.165, 1.54) is 0 Å². The second-order valence-electron chi connectivity index (χ2n) is 4.62. The van der Waals surface area contributed by atoms with E-state index in [0.29, 0.717) is 18.5 Å². The Morgan fingerprint density at radius 2 is 2.00 bits per heavy atom. The predicted octanol–water partition coefficient (Wildman–Crippen LogP) is 2.20. The fourth-order valence-electron chi connectivity index (χ4n) is 2.27. The van der Waals surface area contributed by atoms with Crippen molar-refractivity contribution in [2.75, 3.05) is 29.9 Å². The molecule has 0 spiro atoms. The van der Waals surface area contributed by atoms with Crippen LogP contribution in [0.4, 0.5) is 11.8 Å². The molecule has 0 bridgehead atoms. The van der Waals surface area contributed by atoms with Crippen LogP contribution in [0, 0.1) is 6.92 Å². The highest BCUT2D eigenvalue weighted by atomic mass is 16.3. The smallest absolute Gasteiger partial charge is 0.224 e. The fraction of sp³-hybridized carbons (Fsp3) is 0.714. The van der Waals surface area contributed by atoms with Gasteiger partial charge in [0.25, 0.3) is 0 Å². The number of aliphatic hydroxyl groups excluding tert-OH is 1. The normalized spacial score (nSPS) is 10.8. The van der Waals surface area contributed by atoms with E-state index in [-0.39, 0.29) is 6.61 Å². The van der Waals surface area contributed by atoms with E-state index >= 15 is 0 Å². The average molecular weight is 266 g/mol. The number of aromatic nitrogens is 2. The van der Waals surface area contributed by atoms with Gasteiger partial charge in [0.1, 0.15) is 5.82 Å². The third kappa shape index (κ3) is 4.06. The Bertz CT molecular complexity index is 380. The number of hydrogen-bond acceptors (Lipinski definition) is 5. The second-order valence-corrected chi connectivity index (χ2v) is 4.62. The molecule has 5 heteroatoms. The van der Waals surface area contributed by atoms with Crippen LogP contribution >= 0.6 is 0 Å². The van der Waals surface area contributed by atoms with E-state index in [0.717, 1.165) is 30.8 Å². The zero-order valence-corrected chi connectivity index (χ0v) is 12.5. The van der Waals surface area contributed by atoms with Crippen LogP contribution in [0.5, 0.6) is 0 Å². The van der Waals surface area contributed by atoms with Crippen molar-refractivity contribution in [1.29, 1.82) is 0 Å². The van der Waals surface area contributed by atoms with E-state index in [9.17, 15) is 5.11 Å². The van der Waals surface area contributed by atoms with Gasteiger partial charge in [0, 0.05) is 30.9 Å². The first-order chi connectivity index (χ1) is 9.17. The van der Waals surface area contributed by atoms with Gasteiger partial charge in [-0.3, -0.25) is 0 Å². The minimum atomic E-state index is 0.135. The van der Waals surface area contributed by atoms with Gasteiger partial charge in [-0.25, -0.2) is 4.98 Å². The molecule has 0 aliphatic heterocycles. The van der Waals surface area contributed by atoms with Crippen LogP contribution in [0.2, 0.25) is 0 Å². The van der Waals surface area contributed by atoms with E-state index in [1.807, 2.05) is 20.0 Å². The SMILES string of the molecule is CCNc1ncc(C)c(N(CCO)C(CC)CC)n1. The first-order valence-electron chi connectivity index (χ1n) is 7.12. The van der Waals surface area contributed by atoms with Gasteiger partial charge < -0.3 is 15.3 Å². The van der Waals surface area contributed by atoms with Gasteiger partial charge in [-0.15, -0.1) is 0 Å². The average Bonchev–Trinajstić information content (AvgIpc) is 2.42. The quantitative estimate of drug-likeness (QED) is 0.755. The van der Waals surface area contributed by atoms with Crippen molar-refractivity contribution >= 4 is 11.8 Å². The van der Waals surface area contributed by atoms with E-state index in [1.54, 1.807) is 0 Å². The van der Waals surface area contributed by atoms with Crippen LogP contribution in [0.25, 0.3) is 0 Å². The van der Waals surface area contributed by atoms with E-state index in [2.05, 4.69) is 34.0 Å². The molecule has 2 N–H and O–H groups in total. The van der Waals surface area contributed by atoms with Gasteiger partial charge >= 0.3 is 0 Å². The van der Waals surface area contributed by atoms with Crippen LogP contribution in [-0.4, -0.2) is 40.8 Å². The van der Waals surface area contributed by atoms with Gasteiger partial charge in [-0.1, -0.05) is 13.8 Å². The first kappa shape index (κ1) is 15.7. The number of nitrogens with zero attached hydrogens (tertiary/aromatic N) is 3. The lowest BCUT2D eigenvalue weighted by Gasteiger charge is -2.32. The summed E-state index contributed by atoms with van der Waals surface area (Å²) >= 11 is 0. The lowest BCUT2D eigenvalue weighted by molar-refractivity contribution is 0.295. The van der Waals surface area contributed by atoms with Crippen molar-refractivity contribution in [3.63, 3.8) is 0 Å². The Morgan fingerprint density at radius 1 is 1.32 bits per heavy atom. The number of nitrogens with one attached hydrogen (secondary N) is 1. The van der Waals surface area contributed by atoms with E-state index < -0.39 is 0 Å². The summed E-state index contributed by atoms with van der Waals surface area (Å²) < 4.78 is 0. The van der Waals surface area contributed by atoms with Crippen LogP contribution < -0.4 is 10.2 Å². The fourth-order valence-corrected chi connectivity index (χ4v) is 2.27. The van der Waals surface area contributed by atoms with Crippen LogP contribution in [0.1, 0.15) is 39.2 Å². The summed E-state index contributed by atoms with van der Waals surface area (Å²) in [5.41, 5.74) is 1.04. The lowest BCUT2D eigenvalue weighted by atomic mass is 10.1. The molecule has 0 saturated carbocycles. The lowest BCUT2D eigenvalue weighted by Crippen LogP contribution is -2.38. The monoisotopic (exact) mass is 266 g/mol. The van der Waals surface area contributed by atoms with Gasteiger partial charge in [0.2, 0.25) is 5.95 Å². The second kappa shape index (κ2) is 7.94. The molecule has 0 fully saturated rings. The number of rotatable bonds is 8. The summed E-state index contributed by atoms with van der Waals surface area (Å²) in [5.74, 6) is 1.57. The van der Waals surface area contributed by atoms with Gasteiger partial charge in [0.05, 0.1) is 6.61 Å². The Morgan fingerprint density at radius 3 is 2.53 bits per heavy atom. The summed E-state index contributed by atoms with van der Waals surface area (Å²) in [6, 6.07) is 0.398. The molecule has 5 nitrogen and oxygen atoms in total. The van der Waals surface area contributed by atoms with Crippen molar-refractivity contribution in [1.82, 2.24) is 9.97 Å². The summed E-state index contributed by atoms with van der Waals surface area (Å²) in [6.45, 7) is 9.91. The van der Waals surface area contributed by atoms with Crippen molar-refractivity contribution in [3.05, 3.63) is 11.8 Å². The highest BCUT2D eigenvalue weighted by Gasteiger charge is 2.19. The Labute approximate surface area is 116 Å². The molecule has 1 rings (SSSR count). The zero-order chi connectivity index (χ0) is 14.3. The molecule has 0 saturated heterocycles. The standard InChI is InChI=1S/C14H26N4O/c1-5-12(6-2)18(8-9-19)13-11(4)10-16-14(17-13)15-7-3/h10,12,19H,5-9H2,1-4H3,(H,15,16,17). The Balaban J connectivity index is 3.09. The number of anilines is 2. The van der Waals surface area contributed by atoms with Crippen LogP contribution in [-0.2, 0) is 0 Å². The molecule has 1 aromatic heterocycles. The minimum Gasteiger partial charge on any atom is -0.395 e. The highest BCUT2D eigenvalue weighted by Crippen LogP contribution is 2.22. The molecule has 0 unspecified atom stereocenters. The Kier molecular flexibility index (Phi) is 6.56. The Hall–Kier alpha value is -1.36. The van der Waals surface area contributed by atoms with Crippen molar-refractivity contribution < 1.29 is 5.11 Å². The zero-order valence-electron chi connectivity index (χ0n) is 12.5. The largest absolute Gasteiger partial charge is 0.395 e. The molecule has 1 aromatic rings. The molecule has 0 radical (unpaired) electrons. The molecule has 0 aliphatic carbocycles. The van der Waals surface area contributed by atoms with Crippen molar-refractivity contribution in [2.45, 2.75) is 46.6 Å². The maximum absolute atomic E-state index is 9.30. The third-order valence-electron chi connectivity index (χ3n) is 3.28. The molecule has 0 aromatic carbocycles. The maximum atomic E-state index is 9.30. The van der Waals surface area contributed by atoms with Gasteiger partial charge in [0.15, 0.2) is 0 Å². The predicted molar refractivity (Wildman–Crippen MR) is 79.7 cm³/mol. The molecular weight excluding hydrogens is 240 g/mol. The van der Waals surface area contributed by atoms with Crippen LogP contribution in [0.3, 0.4) is 0 Å². The maximum Gasteiger partial charge on any atom is 0.224 e. The minimum absolute atomic E-state index is 0.135. The molecule has 19 heavy (non-hydrogen) atoms. The van der Waals surface area contributed by atoms with Crippen molar-refractivity contribution in [3.8, 4) is 0 Å². The van der Waals surface area contributed by atoms with Crippen molar-refractivity contribution in [2.24, 2.45) is 0 Å². The molecule has 0 atom stereocenters. The summed E-state index contributed by atoms with van der Waals surface area (Å²) in [5, 5.41) is 12.4. The summed E-state index contributed by atoms with van der Waals surface area (Å²) in [7, 11) is 0. The molecule has 108 valence electrons. The third-order valence-corrected chi connectivity index (χ3v) is 3.28. The molecule has 0 aliphatic rings. The van der Waals surface area contributed by atoms with Crippen LogP contribution in [0.15, 0.2) is 6.20 Å². The highest BCUT2D eigenvalue weighted by molar-refractivity contribution is 5.49. The number of aliphatic hydroxyl groups is 1. The summed E-state index contributed by atoms with van der Waals surface area (Å²) in [6.07, 6.45) is 3.92. The van der Waals surface area contributed by atoms with E-state index in [4.69, 9.17) is 0 Å². The topological polar surface area (TPSA) is 61.3 Å². The number of hydrogen-bond donors (Lipinski definition) is 2. The van der Waals surface area contributed by atoms with Gasteiger partial charge in [-0.05, 0) is 26.7 Å². The molecule has 0 amide bonds. The first-order valence-corrected chi connectivity index (χ1v) is 7.12. The summed E-state index contributed by atoms with van der Waals surface area (Å²) in [4.78, 5) is 11.1. The molecule has 1 heterocycles. The number of aryl methyl sites for hydroxylation is 1. The molecular formula is C14H26N4O. The van der Waals surface area contributed by atoms with Gasteiger partial charge in [-0.2, -0.15) is 4.98 Å².